The highest BCUT2D eigenvalue weighted by Gasteiger charge is 2.08. The van der Waals surface area contributed by atoms with Crippen molar-refractivity contribution in [2.45, 2.75) is 19.1 Å². The van der Waals surface area contributed by atoms with Crippen LogP contribution >= 0.6 is 0 Å². The van der Waals surface area contributed by atoms with Gasteiger partial charge < -0.3 is 9.47 Å². The highest BCUT2D eigenvalue weighted by molar-refractivity contribution is 5.13. The first kappa shape index (κ1) is 14.5. The Morgan fingerprint density at radius 1 is 1.33 bits per heavy atom. The first-order valence-corrected chi connectivity index (χ1v) is 6.00. The average Bonchev–Trinajstić information content (AvgIpc) is 2.42. The molecule has 0 bridgehead atoms. The van der Waals surface area contributed by atoms with E-state index >= 15 is 0 Å². The zero-order valence-electron chi connectivity index (χ0n) is 10.5. The molecule has 0 fully saturated rings. The number of nitroso groups, excluding NO2 is 1. The largest absolute Gasteiger partial charge is 0.374 e. The zero-order chi connectivity index (χ0) is 13.1. The van der Waals surface area contributed by atoms with Gasteiger partial charge in [0.1, 0.15) is 0 Å². The van der Waals surface area contributed by atoms with Crippen LogP contribution in [0.5, 0.6) is 0 Å². The topological polar surface area (TPSA) is 47.9 Å². The Bertz CT molecular complexity index is 328. The third-order valence-corrected chi connectivity index (χ3v) is 2.41. The van der Waals surface area contributed by atoms with Crippen LogP contribution in [0.15, 0.2) is 48.2 Å². The van der Waals surface area contributed by atoms with Crippen LogP contribution in [0.25, 0.3) is 0 Å². The molecular formula is C14H19NO3. The van der Waals surface area contributed by atoms with Crippen molar-refractivity contribution in [3.05, 3.63) is 53.5 Å². The normalized spacial score (nSPS) is 12.0. The minimum Gasteiger partial charge on any atom is -0.374 e. The van der Waals surface area contributed by atoms with Gasteiger partial charge in [-0.2, -0.15) is 4.91 Å². The van der Waals surface area contributed by atoms with E-state index in [2.05, 4.69) is 11.8 Å². The molecule has 0 N–H and O–H groups in total. The summed E-state index contributed by atoms with van der Waals surface area (Å²) >= 11 is 0. The average molecular weight is 249 g/mol. The van der Waals surface area contributed by atoms with Gasteiger partial charge in [0.2, 0.25) is 0 Å². The maximum absolute atomic E-state index is 10.1. The fourth-order valence-corrected chi connectivity index (χ4v) is 1.50. The van der Waals surface area contributed by atoms with E-state index in [4.69, 9.17) is 9.47 Å². The number of nitrogens with zero attached hydrogens (tertiary/aromatic N) is 1. The lowest BCUT2D eigenvalue weighted by Gasteiger charge is -2.15. The summed E-state index contributed by atoms with van der Waals surface area (Å²) in [4.78, 5) is 10.1. The van der Waals surface area contributed by atoms with E-state index in [-0.39, 0.29) is 12.6 Å². The van der Waals surface area contributed by atoms with Crippen LogP contribution in [0.3, 0.4) is 0 Å². The summed E-state index contributed by atoms with van der Waals surface area (Å²) in [6.45, 7) is 5.29. The summed E-state index contributed by atoms with van der Waals surface area (Å²) in [5, 5.41) is 2.84. The van der Waals surface area contributed by atoms with Crippen LogP contribution in [-0.4, -0.2) is 25.9 Å². The van der Waals surface area contributed by atoms with E-state index in [9.17, 15) is 4.91 Å². The lowest BCUT2D eigenvalue weighted by Crippen LogP contribution is -2.21. The van der Waals surface area contributed by atoms with Crippen molar-refractivity contribution in [2.24, 2.45) is 5.18 Å². The van der Waals surface area contributed by atoms with Gasteiger partial charge in [0.25, 0.3) is 0 Å². The lowest BCUT2D eigenvalue weighted by molar-refractivity contribution is -0.0138. The van der Waals surface area contributed by atoms with Crippen molar-refractivity contribution in [1.82, 2.24) is 0 Å². The molecule has 1 aromatic rings. The van der Waals surface area contributed by atoms with Gasteiger partial charge in [-0.15, -0.1) is 6.58 Å². The second kappa shape index (κ2) is 9.50. The van der Waals surface area contributed by atoms with Crippen molar-refractivity contribution < 1.29 is 9.47 Å². The molecule has 98 valence electrons. The molecule has 0 aliphatic carbocycles. The molecule has 0 aromatic heterocycles. The Kier molecular flexibility index (Phi) is 7.68. The molecule has 0 aliphatic heterocycles. The van der Waals surface area contributed by atoms with Crippen LogP contribution in [0.2, 0.25) is 0 Å². The van der Waals surface area contributed by atoms with Gasteiger partial charge in [0.05, 0.1) is 32.5 Å². The van der Waals surface area contributed by atoms with Gasteiger partial charge >= 0.3 is 0 Å². The summed E-state index contributed by atoms with van der Waals surface area (Å²) < 4.78 is 11.1. The van der Waals surface area contributed by atoms with Gasteiger partial charge in [-0.1, -0.05) is 41.6 Å². The van der Waals surface area contributed by atoms with E-state index in [0.717, 1.165) is 5.56 Å². The Morgan fingerprint density at radius 2 is 2.11 bits per heavy atom. The Labute approximate surface area is 108 Å². The molecule has 0 aliphatic rings. The Hall–Kier alpha value is -1.52. The van der Waals surface area contributed by atoms with Gasteiger partial charge in [-0.25, -0.2) is 0 Å². The third-order valence-electron chi connectivity index (χ3n) is 2.41. The second-order valence-corrected chi connectivity index (χ2v) is 3.89. The molecule has 0 amide bonds. The maximum Gasteiger partial charge on any atom is 0.0836 e. The molecule has 0 saturated heterocycles. The number of benzene rings is 1. The monoisotopic (exact) mass is 249 g/mol. The first-order chi connectivity index (χ1) is 8.86. The standard InChI is InChI=1S/C14H19NO3/c1-2-10-18-14(8-9-15-16)12-17-11-13-6-4-3-5-7-13/h2-7,14H,1,8-12H2/t14-/m0/s1. The number of ether oxygens (including phenoxy) is 2. The van der Waals surface area contributed by atoms with Crippen molar-refractivity contribution >= 4 is 0 Å². The van der Waals surface area contributed by atoms with Gasteiger partial charge in [-0.05, 0) is 12.0 Å². The number of hydrogen-bond acceptors (Lipinski definition) is 4. The predicted molar refractivity (Wildman–Crippen MR) is 71.3 cm³/mol. The SMILES string of the molecule is C=CCO[C@@H](CCN=O)COCc1ccccc1. The van der Waals surface area contributed by atoms with Crippen molar-refractivity contribution in [3.8, 4) is 0 Å². The molecule has 0 unspecified atom stereocenters. The fourth-order valence-electron chi connectivity index (χ4n) is 1.50. The van der Waals surface area contributed by atoms with Crippen molar-refractivity contribution in [2.75, 3.05) is 19.8 Å². The molecule has 4 heteroatoms. The van der Waals surface area contributed by atoms with Crippen LogP contribution in [0, 0.1) is 4.91 Å². The summed E-state index contributed by atoms with van der Waals surface area (Å²) in [6, 6.07) is 9.93. The molecule has 4 nitrogen and oxygen atoms in total. The van der Waals surface area contributed by atoms with Crippen LogP contribution in [0.4, 0.5) is 0 Å². The quantitative estimate of drug-likeness (QED) is 0.473. The first-order valence-electron chi connectivity index (χ1n) is 6.00. The zero-order valence-corrected chi connectivity index (χ0v) is 10.5. The van der Waals surface area contributed by atoms with E-state index in [1.807, 2.05) is 30.3 Å². The van der Waals surface area contributed by atoms with E-state index in [1.54, 1.807) is 6.08 Å². The molecule has 0 radical (unpaired) electrons. The number of hydrogen-bond donors (Lipinski definition) is 0. The smallest absolute Gasteiger partial charge is 0.0836 e. The minimum atomic E-state index is -0.107. The van der Waals surface area contributed by atoms with Crippen LogP contribution in [0.1, 0.15) is 12.0 Å². The van der Waals surface area contributed by atoms with Crippen molar-refractivity contribution in [3.63, 3.8) is 0 Å². The molecule has 1 atom stereocenters. The summed E-state index contributed by atoms with van der Waals surface area (Å²) in [7, 11) is 0. The van der Waals surface area contributed by atoms with E-state index in [0.29, 0.717) is 26.2 Å². The van der Waals surface area contributed by atoms with Crippen molar-refractivity contribution in [1.29, 1.82) is 0 Å². The Morgan fingerprint density at radius 3 is 2.78 bits per heavy atom. The van der Waals surface area contributed by atoms with Gasteiger partial charge in [-0.3, -0.25) is 0 Å². The highest BCUT2D eigenvalue weighted by atomic mass is 16.5. The summed E-state index contributed by atoms with van der Waals surface area (Å²) in [5.74, 6) is 0. The summed E-state index contributed by atoms with van der Waals surface area (Å²) in [6.07, 6.45) is 2.15. The highest BCUT2D eigenvalue weighted by Crippen LogP contribution is 2.05. The minimum absolute atomic E-state index is 0.107. The summed E-state index contributed by atoms with van der Waals surface area (Å²) in [5.41, 5.74) is 1.12. The molecule has 0 heterocycles. The maximum atomic E-state index is 10.1. The number of rotatable bonds is 10. The lowest BCUT2D eigenvalue weighted by atomic mass is 10.2. The van der Waals surface area contributed by atoms with Gasteiger partial charge in [0, 0.05) is 0 Å². The van der Waals surface area contributed by atoms with Crippen LogP contribution < -0.4 is 0 Å². The van der Waals surface area contributed by atoms with E-state index < -0.39 is 0 Å². The molecular weight excluding hydrogens is 230 g/mol. The molecule has 18 heavy (non-hydrogen) atoms. The Balaban J connectivity index is 2.27. The molecule has 0 spiro atoms. The second-order valence-electron chi connectivity index (χ2n) is 3.89. The molecule has 1 aromatic carbocycles. The van der Waals surface area contributed by atoms with Crippen LogP contribution in [-0.2, 0) is 16.1 Å². The molecule has 0 saturated carbocycles. The third kappa shape index (κ3) is 6.27. The predicted octanol–water partition coefficient (Wildman–Crippen LogP) is 2.93. The van der Waals surface area contributed by atoms with E-state index in [1.165, 1.54) is 0 Å². The van der Waals surface area contributed by atoms with Gasteiger partial charge in [0.15, 0.2) is 0 Å². The fraction of sp³-hybridized carbons (Fsp3) is 0.429. The molecule has 1 rings (SSSR count).